The number of benzene rings is 1. The zero-order valence-electron chi connectivity index (χ0n) is 9.06. The van der Waals surface area contributed by atoms with Gasteiger partial charge in [0.2, 0.25) is 0 Å². The van der Waals surface area contributed by atoms with E-state index in [1.165, 1.54) is 0 Å². The van der Waals surface area contributed by atoms with Gasteiger partial charge in [-0.3, -0.25) is 0 Å². The third-order valence-corrected chi connectivity index (χ3v) is 3.07. The first-order valence-corrected chi connectivity index (χ1v) is 5.86. The number of hydrogen-bond donors (Lipinski definition) is 2. The van der Waals surface area contributed by atoms with Crippen LogP contribution >= 0.6 is 11.8 Å². The fourth-order valence-corrected chi connectivity index (χ4v) is 2.27. The van der Waals surface area contributed by atoms with E-state index in [2.05, 4.69) is 0 Å². The van der Waals surface area contributed by atoms with E-state index in [0.29, 0.717) is 5.69 Å². The minimum absolute atomic E-state index is 0.253. The summed E-state index contributed by atoms with van der Waals surface area (Å²) in [7, 11) is 1.63. The highest BCUT2D eigenvalue weighted by atomic mass is 32.2. The van der Waals surface area contributed by atoms with Crippen molar-refractivity contribution in [1.82, 2.24) is 0 Å². The molecule has 4 heteroatoms. The maximum absolute atomic E-state index is 9.14. The van der Waals surface area contributed by atoms with Crippen LogP contribution in [0.15, 0.2) is 23.1 Å². The molecule has 0 radical (unpaired) electrons. The van der Waals surface area contributed by atoms with Crippen molar-refractivity contribution < 1.29 is 9.84 Å². The summed E-state index contributed by atoms with van der Waals surface area (Å²) < 4.78 is 5.22. The summed E-state index contributed by atoms with van der Waals surface area (Å²) >= 11 is 1.67. The van der Waals surface area contributed by atoms with Crippen LogP contribution in [0.1, 0.15) is 13.3 Å². The first kappa shape index (κ1) is 12.2. The number of ether oxygens (including phenoxy) is 1. The predicted octanol–water partition coefficient (Wildman–Crippen LogP) is 2.14. The smallest absolute Gasteiger partial charge is 0.134 e. The van der Waals surface area contributed by atoms with Gasteiger partial charge in [-0.1, -0.05) is 0 Å². The lowest BCUT2D eigenvalue weighted by atomic mass is 10.3. The van der Waals surface area contributed by atoms with Crippen molar-refractivity contribution in [2.75, 3.05) is 18.6 Å². The molecule has 3 nitrogen and oxygen atoms in total. The summed E-state index contributed by atoms with van der Waals surface area (Å²) in [5, 5.41) is 9.14. The Labute approximate surface area is 94.6 Å². The number of anilines is 1. The lowest BCUT2D eigenvalue weighted by molar-refractivity contribution is 0.192. The Bertz CT molecular complexity index is 315. The first-order chi connectivity index (χ1) is 7.13. The van der Waals surface area contributed by atoms with Crippen LogP contribution in [0, 0.1) is 0 Å². The molecule has 0 aromatic heterocycles. The molecule has 15 heavy (non-hydrogen) atoms. The highest BCUT2D eigenvalue weighted by Gasteiger charge is 2.04. The summed E-state index contributed by atoms with van der Waals surface area (Å²) in [6, 6.07) is 5.61. The second kappa shape index (κ2) is 5.88. The summed E-state index contributed by atoms with van der Waals surface area (Å²) in [6.07, 6.45) is 0.523. The highest BCUT2D eigenvalue weighted by molar-refractivity contribution is 7.99. The van der Waals surface area contributed by atoms with Gasteiger partial charge in [0, 0.05) is 22.4 Å². The Hall–Kier alpha value is -0.870. The van der Waals surface area contributed by atoms with E-state index in [4.69, 9.17) is 15.6 Å². The first-order valence-electron chi connectivity index (χ1n) is 4.88. The number of rotatable bonds is 5. The van der Waals surface area contributed by atoms with E-state index >= 15 is 0 Å². The second-order valence-corrected chi connectivity index (χ2v) is 4.53. The fraction of sp³-hybridized carbons (Fsp3) is 0.455. The van der Waals surface area contributed by atoms with Gasteiger partial charge in [-0.05, 0) is 25.5 Å². The van der Waals surface area contributed by atoms with E-state index in [9.17, 15) is 0 Å². The number of aliphatic hydroxyl groups is 1. The molecule has 1 aromatic rings. The third kappa shape index (κ3) is 4.01. The van der Waals surface area contributed by atoms with Gasteiger partial charge in [0.25, 0.3) is 0 Å². The van der Waals surface area contributed by atoms with Gasteiger partial charge in [0.1, 0.15) is 5.75 Å². The fourth-order valence-electron chi connectivity index (χ4n) is 1.14. The molecule has 1 rings (SSSR count). The number of hydrogen-bond acceptors (Lipinski definition) is 4. The van der Waals surface area contributed by atoms with Gasteiger partial charge in [-0.25, -0.2) is 0 Å². The van der Waals surface area contributed by atoms with Crippen molar-refractivity contribution in [2.45, 2.75) is 24.3 Å². The van der Waals surface area contributed by atoms with E-state index < -0.39 is 0 Å². The van der Waals surface area contributed by atoms with Crippen LogP contribution in [-0.4, -0.2) is 24.1 Å². The van der Waals surface area contributed by atoms with Crippen molar-refractivity contribution in [2.24, 2.45) is 0 Å². The van der Waals surface area contributed by atoms with Crippen molar-refractivity contribution in [3.05, 3.63) is 18.2 Å². The van der Waals surface area contributed by atoms with Crippen molar-refractivity contribution >= 4 is 17.4 Å². The average molecular weight is 227 g/mol. The number of thioether (sulfide) groups is 1. The second-order valence-electron chi connectivity index (χ2n) is 3.40. The van der Waals surface area contributed by atoms with Crippen LogP contribution in [-0.2, 0) is 0 Å². The molecule has 3 N–H and O–H groups in total. The molecule has 0 amide bonds. The SMILES string of the molecule is COc1cc(N)ccc1SCCC(C)O. The van der Waals surface area contributed by atoms with Gasteiger partial charge in [0.15, 0.2) is 0 Å². The van der Waals surface area contributed by atoms with Crippen molar-refractivity contribution in [3.63, 3.8) is 0 Å². The Morgan fingerprint density at radius 3 is 2.87 bits per heavy atom. The summed E-state index contributed by atoms with van der Waals surface area (Å²) in [4.78, 5) is 1.06. The molecule has 84 valence electrons. The molecule has 0 saturated heterocycles. The van der Waals surface area contributed by atoms with Crippen LogP contribution in [0.3, 0.4) is 0 Å². The lowest BCUT2D eigenvalue weighted by Crippen LogP contribution is -2.00. The molecule has 0 saturated carbocycles. The molecule has 0 aliphatic heterocycles. The molecule has 0 fully saturated rings. The Morgan fingerprint density at radius 2 is 2.27 bits per heavy atom. The number of nitrogens with two attached hydrogens (primary N) is 1. The van der Waals surface area contributed by atoms with Crippen LogP contribution in [0.2, 0.25) is 0 Å². The Balaban J connectivity index is 2.60. The molecule has 0 bridgehead atoms. The van der Waals surface area contributed by atoms with Crippen LogP contribution < -0.4 is 10.5 Å². The molecule has 0 spiro atoms. The van der Waals surface area contributed by atoms with Crippen LogP contribution in [0.4, 0.5) is 5.69 Å². The zero-order chi connectivity index (χ0) is 11.3. The number of nitrogen functional groups attached to an aromatic ring is 1. The normalized spacial score (nSPS) is 12.5. The minimum Gasteiger partial charge on any atom is -0.496 e. The number of methoxy groups -OCH3 is 1. The molecule has 0 aliphatic rings. The average Bonchev–Trinajstić information content (AvgIpc) is 2.19. The molecular formula is C11H17NO2S. The topological polar surface area (TPSA) is 55.5 Å². The quantitative estimate of drug-likeness (QED) is 0.597. The maximum Gasteiger partial charge on any atom is 0.134 e. The molecule has 1 aromatic carbocycles. The standard InChI is InChI=1S/C11H17NO2S/c1-8(13)5-6-15-11-4-3-9(12)7-10(11)14-2/h3-4,7-8,13H,5-6,12H2,1-2H3. The molecular weight excluding hydrogens is 210 g/mol. The minimum atomic E-state index is -0.253. The Morgan fingerprint density at radius 1 is 1.53 bits per heavy atom. The van der Waals surface area contributed by atoms with Gasteiger partial charge >= 0.3 is 0 Å². The van der Waals surface area contributed by atoms with Crippen molar-refractivity contribution in [3.8, 4) is 5.75 Å². The van der Waals surface area contributed by atoms with Crippen molar-refractivity contribution in [1.29, 1.82) is 0 Å². The van der Waals surface area contributed by atoms with E-state index in [1.54, 1.807) is 25.8 Å². The predicted molar refractivity (Wildman–Crippen MR) is 64.4 cm³/mol. The van der Waals surface area contributed by atoms with Gasteiger partial charge in [-0.2, -0.15) is 0 Å². The van der Waals surface area contributed by atoms with E-state index in [1.807, 2.05) is 18.2 Å². The number of aliphatic hydroxyl groups excluding tert-OH is 1. The summed E-state index contributed by atoms with van der Waals surface area (Å²) in [5.41, 5.74) is 6.35. The van der Waals surface area contributed by atoms with Gasteiger partial charge in [-0.15, -0.1) is 11.8 Å². The third-order valence-electron chi connectivity index (χ3n) is 1.98. The largest absolute Gasteiger partial charge is 0.496 e. The molecule has 0 aliphatic carbocycles. The molecule has 1 atom stereocenters. The molecule has 0 heterocycles. The van der Waals surface area contributed by atoms with Gasteiger partial charge < -0.3 is 15.6 Å². The summed E-state index contributed by atoms with van der Waals surface area (Å²) in [5.74, 6) is 1.67. The van der Waals surface area contributed by atoms with E-state index in [0.717, 1.165) is 22.8 Å². The maximum atomic E-state index is 9.14. The van der Waals surface area contributed by atoms with Crippen LogP contribution in [0.25, 0.3) is 0 Å². The van der Waals surface area contributed by atoms with Gasteiger partial charge in [0.05, 0.1) is 13.2 Å². The Kier molecular flexibility index (Phi) is 4.78. The summed E-state index contributed by atoms with van der Waals surface area (Å²) in [6.45, 7) is 1.79. The van der Waals surface area contributed by atoms with Crippen LogP contribution in [0.5, 0.6) is 5.75 Å². The van der Waals surface area contributed by atoms with E-state index in [-0.39, 0.29) is 6.10 Å². The lowest BCUT2D eigenvalue weighted by Gasteiger charge is -2.09. The zero-order valence-corrected chi connectivity index (χ0v) is 9.88. The highest BCUT2D eigenvalue weighted by Crippen LogP contribution is 2.31. The monoisotopic (exact) mass is 227 g/mol. The molecule has 1 unspecified atom stereocenters.